The van der Waals surface area contributed by atoms with E-state index in [2.05, 4.69) is 0 Å². The van der Waals surface area contributed by atoms with Gasteiger partial charge >= 0.3 is 0 Å². The van der Waals surface area contributed by atoms with Gasteiger partial charge in [0.1, 0.15) is 54.9 Å². The Morgan fingerprint density at radius 3 is 1.73 bits per heavy atom. The van der Waals surface area contributed by atoms with Crippen LogP contribution in [0.5, 0.6) is 0 Å². The topological polar surface area (TPSA) is 250 Å². The highest BCUT2D eigenvalue weighted by atomic mass is 16.7. The molecule has 2 saturated carbocycles. The number of fused-ring (bicyclic) bond motifs is 1. The SMILES string of the molecule is COC1CC(OC2OC(CO)C(O)C(O)C2O)C2CC(OC3OC(CO)C(O)C(O)C3O)C(C3CCC(O)C(OC)C3)[OH+]C2C1. The van der Waals surface area contributed by atoms with Crippen molar-refractivity contribution in [3.8, 4) is 0 Å². The first-order valence-corrected chi connectivity index (χ1v) is 15.9. The molecular weight excluding hydrogens is 604 g/mol. The number of rotatable bonds is 9. The second kappa shape index (κ2) is 15.3. The average Bonchev–Trinajstić information content (AvgIpc) is 3.05. The highest BCUT2D eigenvalue weighted by molar-refractivity contribution is 5.00. The highest BCUT2D eigenvalue weighted by Crippen LogP contribution is 2.44. The zero-order valence-electron chi connectivity index (χ0n) is 25.5. The molecule has 0 bridgehead atoms. The van der Waals surface area contributed by atoms with Crippen molar-refractivity contribution in [2.75, 3.05) is 27.4 Å². The number of aliphatic hydroxyl groups excluding tert-OH is 9. The third-order valence-electron chi connectivity index (χ3n) is 10.5. The quantitative estimate of drug-likeness (QED) is 0.106. The van der Waals surface area contributed by atoms with Gasteiger partial charge in [-0.15, -0.1) is 0 Å². The highest BCUT2D eigenvalue weighted by Gasteiger charge is 2.56. The minimum atomic E-state index is -1.63. The van der Waals surface area contributed by atoms with Crippen LogP contribution in [0, 0.1) is 11.8 Å². The van der Waals surface area contributed by atoms with Crippen LogP contribution in [-0.2, 0) is 28.4 Å². The number of methoxy groups -OCH3 is 2. The summed E-state index contributed by atoms with van der Waals surface area (Å²) < 4.78 is 40.4. The number of hydrogen-bond donors (Lipinski definition) is 9. The molecule has 3 saturated heterocycles. The van der Waals surface area contributed by atoms with E-state index in [9.17, 15) is 46.0 Å². The van der Waals surface area contributed by atoms with E-state index >= 15 is 0 Å². The third-order valence-corrected chi connectivity index (χ3v) is 10.5. The molecule has 3 aliphatic heterocycles. The van der Waals surface area contributed by atoms with Gasteiger partial charge < -0.3 is 79.1 Å². The summed E-state index contributed by atoms with van der Waals surface area (Å²) in [5, 5.41) is 92.6. The van der Waals surface area contributed by atoms with Crippen LogP contribution in [0.15, 0.2) is 0 Å². The van der Waals surface area contributed by atoms with E-state index in [4.69, 9.17) is 33.2 Å². The predicted molar refractivity (Wildman–Crippen MR) is 149 cm³/mol. The molecule has 0 amide bonds. The lowest BCUT2D eigenvalue weighted by Crippen LogP contribution is -2.64. The van der Waals surface area contributed by atoms with Crippen LogP contribution >= 0.6 is 0 Å². The van der Waals surface area contributed by atoms with Crippen molar-refractivity contribution in [3.05, 3.63) is 0 Å². The molecule has 19 atom stereocenters. The first kappa shape index (κ1) is 35.7. The molecule has 45 heavy (non-hydrogen) atoms. The largest absolute Gasteiger partial charge is 0.427 e. The van der Waals surface area contributed by atoms with Gasteiger partial charge in [0.2, 0.25) is 0 Å². The molecule has 3 heterocycles. The lowest BCUT2D eigenvalue weighted by Gasteiger charge is -2.50. The van der Waals surface area contributed by atoms with E-state index in [1.165, 1.54) is 7.11 Å². The normalized spacial score (nSPS) is 52.7. The fourth-order valence-corrected chi connectivity index (χ4v) is 7.75. The molecule has 0 radical (unpaired) electrons. The van der Waals surface area contributed by atoms with E-state index < -0.39 is 105 Å². The summed E-state index contributed by atoms with van der Waals surface area (Å²) in [4.78, 5) is 0. The summed E-state index contributed by atoms with van der Waals surface area (Å²) in [5.74, 6) is -0.413. The first-order chi connectivity index (χ1) is 21.5. The maximum atomic E-state index is 10.8. The predicted octanol–water partition coefficient (Wildman–Crippen LogP) is -4.37. The molecule has 2 aliphatic carbocycles. The van der Waals surface area contributed by atoms with Crippen molar-refractivity contribution in [3.63, 3.8) is 0 Å². The Kier molecular flexibility index (Phi) is 12.1. The van der Waals surface area contributed by atoms with E-state index in [-0.39, 0.29) is 24.0 Å². The molecule has 0 aromatic carbocycles. The van der Waals surface area contributed by atoms with Gasteiger partial charge in [-0.1, -0.05) is 0 Å². The summed E-state index contributed by atoms with van der Waals surface area (Å²) in [6.07, 6.45) is -15.2. The maximum absolute atomic E-state index is 10.8. The molecule has 5 rings (SSSR count). The molecule has 0 spiro atoms. The second-order valence-corrected chi connectivity index (χ2v) is 13.1. The van der Waals surface area contributed by atoms with Crippen molar-refractivity contribution in [1.82, 2.24) is 0 Å². The number of aliphatic hydroxyl groups is 11. The molecule has 262 valence electrons. The van der Waals surface area contributed by atoms with Crippen LogP contribution in [0.4, 0.5) is 0 Å². The van der Waals surface area contributed by atoms with Crippen LogP contribution in [0.25, 0.3) is 0 Å². The summed E-state index contributed by atoms with van der Waals surface area (Å²) in [6.45, 7) is -1.22. The van der Waals surface area contributed by atoms with E-state index in [1.54, 1.807) is 7.11 Å². The lowest BCUT2D eigenvalue weighted by atomic mass is 9.72. The van der Waals surface area contributed by atoms with Crippen LogP contribution < -0.4 is 0 Å². The standard InChI is InChI=1S/C29H50O16/c1-39-12-6-15-13(16(7-12)42-28-25(37)23(35)21(33)19(9-30)44-28)8-18(27(41-15)11-3-4-14(32)17(5-11)40-2)43-29-26(38)24(36)22(34)20(10-31)45-29/h11-38H,3-10H2,1-2H3/p+1. The van der Waals surface area contributed by atoms with Gasteiger partial charge in [0.15, 0.2) is 24.8 Å². The summed E-state index contributed by atoms with van der Waals surface area (Å²) in [7, 11) is 3.12. The van der Waals surface area contributed by atoms with Crippen molar-refractivity contribution in [2.24, 2.45) is 11.8 Å². The van der Waals surface area contributed by atoms with Crippen LogP contribution in [-0.4, -0.2) is 182 Å². The van der Waals surface area contributed by atoms with Crippen molar-refractivity contribution >= 4 is 0 Å². The Hall–Kier alpha value is -0.640. The second-order valence-electron chi connectivity index (χ2n) is 13.1. The minimum absolute atomic E-state index is 0.0816. The summed E-state index contributed by atoms with van der Waals surface area (Å²) in [6, 6.07) is 0. The molecule has 16 heteroatoms. The van der Waals surface area contributed by atoms with Crippen molar-refractivity contribution in [1.29, 1.82) is 0 Å². The van der Waals surface area contributed by atoms with Crippen molar-refractivity contribution in [2.45, 2.75) is 143 Å². The van der Waals surface area contributed by atoms with Gasteiger partial charge in [0.05, 0.1) is 43.5 Å². The fraction of sp³-hybridized carbons (Fsp3) is 1.00. The third kappa shape index (κ3) is 7.36. The Morgan fingerprint density at radius 2 is 1.20 bits per heavy atom. The molecule has 10 N–H and O–H groups in total. The molecule has 5 aliphatic rings. The van der Waals surface area contributed by atoms with E-state index in [0.717, 1.165) is 0 Å². The van der Waals surface area contributed by atoms with Gasteiger partial charge in [-0.05, 0) is 25.7 Å². The Morgan fingerprint density at radius 1 is 0.622 bits per heavy atom. The van der Waals surface area contributed by atoms with Crippen LogP contribution in [0.1, 0.15) is 38.5 Å². The van der Waals surface area contributed by atoms with Gasteiger partial charge in [-0.25, -0.2) is 0 Å². The van der Waals surface area contributed by atoms with Crippen LogP contribution in [0.3, 0.4) is 0 Å². The molecule has 19 unspecified atom stereocenters. The van der Waals surface area contributed by atoms with E-state index in [0.29, 0.717) is 38.5 Å². The average molecular weight is 656 g/mol. The number of hydrogen-bond acceptors (Lipinski definition) is 15. The molecular formula is C29H51O16+. The van der Waals surface area contributed by atoms with Gasteiger partial charge in [-0.2, -0.15) is 0 Å². The Labute approximate surface area is 261 Å². The molecule has 16 nitrogen and oxygen atoms in total. The van der Waals surface area contributed by atoms with Gasteiger partial charge in [0, 0.05) is 33.0 Å². The smallest absolute Gasteiger partial charge is 0.187 e. The zero-order valence-corrected chi connectivity index (χ0v) is 25.5. The van der Waals surface area contributed by atoms with Crippen molar-refractivity contribution < 1.29 is 79.1 Å². The molecule has 0 aromatic heterocycles. The molecule has 5 fully saturated rings. The van der Waals surface area contributed by atoms with E-state index in [1.807, 2.05) is 0 Å². The van der Waals surface area contributed by atoms with Crippen LogP contribution in [0.2, 0.25) is 0 Å². The summed E-state index contributed by atoms with van der Waals surface area (Å²) in [5.41, 5.74) is 0. The lowest BCUT2D eigenvalue weighted by molar-refractivity contribution is -0.367. The zero-order chi connectivity index (χ0) is 32.6. The monoisotopic (exact) mass is 655 g/mol. The Bertz CT molecular complexity index is 927. The number of ether oxygens (including phenoxy) is 7. The summed E-state index contributed by atoms with van der Waals surface area (Å²) >= 11 is 0. The minimum Gasteiger partial charge on any atom is -0.427 e. The Balaban J connectivity index is 1.40. The van der Waals surface area contributed by atoms with Gasteiger partial charge in [0.25, 0.3) is 0 Å². The van der Waals surface area contributed by atoms with Gasteiger partial charge in [-0.3, -0.25) is 0 Å². The fourth-order valence-electron chi connectivity index (χ4n) is 7.75. The maximum Gasteiger partial charge on any atom is 0.187 e. The molecule has 0 aromatic rings. The first-order valence-electron chi connectivity index (χ1n) is 15.9.